The third-order valence-corrected chi connectivity index (χ3v) is 3.71. The summed E-state index contributed by atoms with van der Waals surface area (Å²) in [4.78, 5) is 34.2. The van der Waals surface area contributed by atoms with E-state index in [0.29, 0.717) is 5.76 Å². The maximum absolute atomic E-state index is 12.1. The van der Waals surface area contributed by atoms with Crippen molar-refractivity contribution in [1.29, 1.82) is 0 Å². The van der Waals surface area contributed by atoms with E-state index in [9.17, 15) is 19.7 Å². The van der Waals surface area contributed by atoms with Crippen molar-refractivity contribution >= 4 is 23.2 Å². The standard InChI is InChI=1S/C17H15N5O5/c23-16(17(24)20-12-4-6-13(7-5-12)22(25)26)18-11-14(15-3-1-10-27-15)21-9-2-8-19-21/h1-10,14H,11H2,(H,18,23)(H,20,24). The predicted octanol–water partition coefficient (Wildman–Crippen LogP) is 1.73. The van der Waals surface area contributed by atoms with Crippen molar-refractivity contribution in [3.05, 3.63) is 77.0 Å². The number of aromatic nitrogens is 2. The summed E-state index contributed by atoms with van der Waals surface area (Å²) >= 11 is 0. The second-order valence-corrected chi connectivity index (χ2v) is 5.49. The molecule has 0 spiro atoms. The number of nitro groups is 1. The van der Waals surface area contributed by atoms with Crippen LogP contribution in [0.4, 0.5) is 11.4 Å². The Morgan fingerprint density at radius 2 is 1.96 bits per heavy atom. The first kappa shape index (κ1) is 17.9. The summed E-state index contributed by atoms with van der Waals surface area (Å²) in [5, 5.41) is 19.7. The third kappa shape index (κ3) is 4.37. The van der Waals surface area contributed by atoms with Crippen molar-refractivity contribution in [2.24, 2.45) is 0 Å². The molecule has 2 amide bonds. The summed E-state index contributed by atoms with van der Waals surface area (Å²) in [5.74, 6) is -1.16. The van der Waals surface area contributed by atoms with Gasteiger partial charge in [-0.15, -0.1) is 0 Å². The van der Waals surface area contributed by atoms with E-state index in [1.54, 1.807) is 35.3 Å². The smallest absolute Gasteiger partial charge is 0.313 e. The minimum absolute atomic E-state index is 0.0850. The van der Waals surface area contributed by atoms with E-state index in [0.717, 1.165) is 0 Å². The molecule has 0 saturated heterocycles. The molecule has 2 heterocycles. The molecular weight excluding hydrogens is 354 g/mol. The zero-order valence-electron chi connectivity index (χ0n) is 13.9. The molecule has 3 rings (SSSR count). The molecule has 0 saturated carbocycles. The van der Waals surface area contributed by atoms with Crippen molar-refractivity contribution < 1.29 is 18.9 Å². The van der Waals surface area contributed by atoms with Gasteiger partial charge >= 0.3 is 11.8 Å². The van der Waals surface area contributed by atoms with Crippen LogP contribution in [0.3, 0.4) is 0 Å². The van der Waals surface area contributed by atoms with Crippen LogP contribution in [0.25, 0.3) is 0 Å². The number of hydrogen-bond donors (Lipinski definition) is 2. The molecular formula is C17H15N5O5. The third-order valence-electron chi connectivity index (χ3n) is 3.71. The molecule has 0 fully saturated rings. The Kier molecular flexibility index (Phi) is 5.26. The highest BCUT2D eigenvalue weighted by Gasteiger charge is 2.21. The van der Waals surface area contributed by atoms with E-state index < -0.39 is 22.8 Å². The van der Waals surface area contributed by atoms with Gasteiger partial charge < -0.3 is 15.1 Å². The van der Waals surface area contributed by atoms with Gasteiger partial charge in [-0.3, -0.25) is 24.4 Å². The van der Waals surface area contributed by atoms with E-state index in [-0.39, 0.29) is 17.9 Å². The number of benzene rings is 1. The average Bonchev–Trinajstić information content (AvgIpc) is 3.36. The van der Waals surface area contributed by atoms with Gasteiger partial charge in [0.2, 0.25) is 0 Å². The van der Waals surface area contributed by atoms with Crippen molar-refractivity contribution in [1.82, 2.24) is 15.1 Å². The number of amides is 2. The van der Waals surface area contributed by atoms with Gasteiger partial charge in [0.25, 0.3) is 5.69 Å². The minimum atomic E-state index is -0.887. The SMILES string of the molecule is O=C(NCC(c1ccco1)n1cccn1)C(=O)Nc1ccc([N+](=O)[O-])cc1. The topological polar surface area (TPSA) is 132 Å². The maximum atomic E-state index is 12.1. The Balaban J connectivity index is 1.60. The molecule has 10 heteroatoms. The van der Waals surface area contributed by atoms with Crippen LogP contribution < -0.4 is 10.6 Å². The number of nitrogens with one attached hydrogen (secondary N) is 2. The van der Waals surface area contributed by atoms with Gasteiger partial charge in [0.05, 0.1) is 11.2 Å². The molecule has 0 aliphatic carbocycles. The molecule has 2 aromatic heterocycles. The summed E-state index contributed by atoms with van der Waals surface area (Å²) in [6.07, 6.45) is 4.82. The summed E-state index contributed by atoms with van der Waals surface area (Å²) in [6, 6.07) is 9.95. The Bertz CT molecular complexity index is 885. The summed E-state index contributed by atoms with van der Waals surface area (Å²) in [6.45, 7) is 0.0850. The van der Waals surface area contributed by atoms with E-state index in [1.807, 2.05) is 0 Å². The number of carbonyl (C=O) groups excluding carboxylic acids is 2. The molecule has 0 bridgehead atoms. The molecule has 1 unspecified atom stereocenters. The predicted molar refractivity (Wildman–Crippen MR) is 93.8 cm³/mol. The first-order chi connectivity index (χ1) is 13.0. The van der Waals surface area contributed by atoms with E-state index in [2.05, 4.69) is 15.7 Å². The second kappa shape index (κ2) is 7.95. The molecule has 0 radical (unpaired) electrons. The van der Waals surface area contributed by atoms with Crippen molar-refractivity contribution in [2.45, 2.75) is 6.04 Å². The number of rotatable bonds is 6. The molecule has 0 aliphatic heterocycles. The van der Waals surface area contributed by atoms with Crippen LogP contribution in [-0.2, 0) is 9.59 Å². The fourth-order valence-corrected chi connectivity index (χ4v) is 2.39. The number of non-ortho nitro benzene ring substituents is 1. The van der Waals surface area contributed by atoms with Gasteiger partial charge in [0, 0.05) is 36.8 Å². The lowest BCUT2D eigenvalue weighted by atomic mass is 10.2. The number of nitrogens with zero attached hydrogens (tertiary/aromatic N) is 3. The lowest BCUT2D eigenvalue weighted by Crippen LogP contribution is -2.38. The molecule has 10 nitrogen and oxygen atoms in total. The van der Waals surface area contributed by atoms with Crippen LogP contribution in [0.15, 0.2) is 65.5 Å². The van der Waals surface area contributed by atoms with Crippen molar-refractivity contribution in [3.63, 3.8) is 0 Å². The van der Waals surface area contributed by atoms with Crippen LogP contribution in [0.5, 0.6) is 0 Å². The van der Waals surface area contributed by atoms with E-state index in [4.69, 9.17) is 4.42 Å². The summed E-state index contributed by atoms with van der Waals surface area (Å²) < 4.78 is 6.98. The van der Waals surface area contributed by atoms with Crippen LogP contribution in [0.2, 0.25) is 0 Å². The highest BCUT2D eigenvalue weighted by Crippen LogP contribution is 2.17. The normalized spacial score (nSPS) is 11.6. The van der Waals surface area contributed by atoms with Crippen LogP contribution >= 0.6 is 0 Å². The van der Waals surface area contributed by atoms with Gasteiger partial charge in [0.1, 0.15) is 11.8 Å². The number of furan rings is 1. The van der Waals surface area contributed by atoms with Crippen LogP contribution in [0.1, 0.15) is 11.8 Å². The number of anilines is 1. The van der Waals surface area contributed by atoms with Crippen molar-refractivity contribution in [2.75, 3.05) is 11.9 Å². The first-order valence-electron chi connectivity index (χ1n) is 7.91. The molecule has 3 aromatic rings. The number of hydrogen-bond acceptors (Lipinski definition) is 6. The van der Waals surface area contributed by atoms with Gasteiger partial charge in [0.15, 0.2) is 0 Å². The molecule has 0 aliphatic rings. The van der Waals surface area contributed by atoms with Crippen LogP contribution in [-0.4, -0.2) is 33.1 Å². The molecule has 1 atom stereocenters. The maximum Gasteiger partial charge on any atom is 0.313 e. The Labute approximate surface area is 152 Å². The lowest BCUT2D eigenvalue weighted by molar-refractivity contribution is -0.384. The van der Waals surface area contributed by atoms with Gasteiger partial charge in [-0.05, 0) is 30.3 Å². The highest BCUT2D eigenvalue weighted by atomic mass is 16.6. The van der Waals surface area contributed by atoms with Gasteiger partial charge in [-0.25, -0.2) is 0 Å². The Hall–Kier alpha value is -3.95. The summed E-state index contributed by atoms with van der Waals surface area (Å²) in [7, 11) is 0. The number of carbonyl (C=O) groups is 2. The fraction of sp³-hybridized carbons (Fsp3) is 0.118. The van der Waals surface area contributed by atoms with E-state index >= 15 is 0 Å². The molecule has 1 aromatic carbocycles. The van der Waals surface area contributed by atoms with Crippen molar-refractivity contribution in [3.8, 4) is 0 Å². The lowest BCUT2D eigenvalue weighted by Gasteiger charge is -2.16. The van der Waals surface area contributed by atoms with Gasteiger partial charge in [-0.2, -0.15) is 5.10 Å². The largest absolute Gasteiger partial charge is 0.467 e. The van der Waals surface area contributed by atoms with Crippen LogP contribution in [0, 0.1) is 10.1 Å². The van der Waals surface area contributed by atoms with E-state index in [1.165, 1.54) is 30.5 Å². The molecule has 27 heavy (non-hydrogen) atoms. The zero-order valence-corrected chi connectivity index (χ0v) is 13.9. The first-order valence-corrected chi connectivity index (χ1v) is 7.91. The molecule has 138 valence electrons. The fourth-order valence-electron chi connectivity index (χ4n) is 2.39. The molecule has 2 N–H and O–H groups in total. The quantitative estimate of drug-likeness (QED) is 0.386. The Morgan fingerprint density at radius 3 is 2.56 bits per heavy atom. The van der Waals surface area contributed by atoms with Gasteiger partial charge in [-0.1, -0.05) is 0 Å². The summed E-state index contributed by atoms with van der Waals surface area (Å²) in [5.41, 5.74) is 0.161. The zero-order chi connectivity index (χ0) is 19.2. The number of nitro benzene ring substituents is 1. The average molecular weight is 369 g/mol. The monoisotopic (exact) mass is 369 g/mol. The highest BCUT2D eigenvalue weighted by molar-refractivity contribution is 6.39. The Morgan fingerprint density at radius 1 is 1.19 bits per heavy atom. The second-order valence-electron chi connectivity index (χ2n) is 5.49. The minimum Gasteiger partial charge on any atom is -0.467 e.